The summed E-state index contributed by atoms with van der Waals surface area (Å²) in [6, 6.07) is 5.18. The molecule has 0 unspecified atom stereocenters. The Bertz CT molecular complexity index is 634. The third-order valence-electron chi connectivity index (χ3n) is 2.63. The molecule has 0 radical (unpaired) electrons. The number of benzene rings is 1. The molecule has 2 aromatic rings. The van der Waals surface area contributed by atoms with E-state index in [9.17, 15) is 13.2 Å². The van der Waals surface area contributed by atoms with E-state index in [2.05, 4.69) is 9.97 Å². The number of ether oxygens (including phenoxy) is 1. The maximum absolute atomic E-state index is 13.1. The van der Waals surface area contributed by atoms with Gasteiger partial charge in [0.05, 0.1) is 5.56 Å². The number of nitrogens with zero attached hydrogens (tertiary/aromatic N) is 2. The lowest BCUT2D eigenvalue weighted by Crippen LogP contribution is -2.09. The summed E-state index contributed by atoms with van der Waals surface area (Å²) in [6.45, 7) is 0.0213. The molecule has 0 atom stereocenters. The van der Waals surface area contributed by atoms with Crippen molar-refractivity contribution in [3.05, 3.63) is 41.7 Å². The minimum absolute atomic E-state index is 0.0213. The van der Waals surface area contributed by atoms with E-state index in [4.69, 9.17) is 10.5 Å². The van der Waals surface area contributed by atoms with Crippen LogP contribution in [-0.2, 0) is 12.7 Å². The van der Waals surface area contributed by atoms with Crippen molar-refractivity contribution in [1.29, 1.82) is 0 Å². The molecule has 2 N–H and O–H groups in total. The summed E-state index contributed by atoms with van der Waals surface area (Å²) in [5.74, 6) is -0.259. The highest BCUT2D eigenvalue weighted by molar-refractivity contribution is 7.98. The first kappa shape index (κ1) is 15.6. The van der Waals surface area contributed by atoms with Crippen LogP contribution in [0, 0.1) is 0 Å². The van der Waals surface area contributed by atoms with Gasteiger partial charge in [-0.25, -0.2) is 9.97 Å². The van der Waals surface area contributed by atoms with Crippen molar-refractivity contribution in [2.45, 2.75) is 17.7 Å². The highest BCUT2D eigenvalue weighted by Gasteiger charge is 2.35. The predicted octanol–water partition coefficient (Wildman–Crippen LogP) is 3.47. The summed E-state index contributed by atoms with van der Waals surface area (Å²) in [5, 5.41) is 0.604. The lowest BCUT2D eigenvalue weighted by atomic mass is 10.1. The summed E-state index contributed by atoms with van der Waals surface area (Å²) in [6.07, 6.45) is -1.50. The summed E-state index contributed by atoms with van der Waals surface area (Å²) < 4.78 is 44.4. The molecule has 0 aliphatic carbocycles. The van der Waals surface area contributed by atoms with Gasteiger partial charge in [-0.3, -0.25) is 0 Å². The first-order valence-corrected chi connectivity index (χ1v) is 7.10. The number of hydrogen-bond acceptors (Lipinski definition) is 5. The third kappa shape index (κ3) is 3.85. The fourth-order valence-electron chi connectivity index (χ4n) is 1.62. The Morgan fingerprint density at radius 1 is 1.24 bits per heavy atom. The second kappa shape index (κ2) is 6.31. The zero-order valence-corrected chi connectivity index (χ0v) is 11.8. The zero-order valence-electron chi connectivity index (χ0n) is 11.0. The molecule has 112 valence electrons. The van der Waals surface area contributed by atoms with E-state index in [1.165, 1.54) is 36.3 Å². The first-order valence-electron chi connectivity index (χ1n) is 5.88. The van der Waals surface area contributed by atoms with E-state index < -0.39 is 11.7 Å². The summed E-state index contributed by atoms with van der Waals surface area (Å²) in [7, 11) is 0. The SMILES string of the molecule is CSc1cc(Oc2ccc(CN)cc2C(F)(F)F)ncn1. The first-order chi connectivity index (χ1) is 9.94. The topological polar surface area (TPSA) is 61.0 Å². The molecular weight excluding hydrogens is 303 g/mol. The monoisotopic (exact) mass is 315 g/mol. The Labute approximate surface area is 123 Å². The fraction of sp³-hybridized carbons (Fsp3) is 0.231. The average molecular weight is 315 g/mol. The molecule has 1 aromatic carbocycles. The molecule has 21 heavy (non-hydrogen) atoms. The molecule has 4 nitrogen and oxygen atoms in total. The highest BCUT2D eigenvalue weighted by Crippen LogP contribution is 2.38. The minimum atomic E-state index is -4.53. The van der Waals surface area contributed by atoms with Crippen LogP contribution in [0.15, 0.2) is 35.6 Å². The molecule has 0 aliphatic heterocycles. The minimum Gasteiger partial charge on any atom is -0.438 e. The van der Waals surface area contributed by atoms with Crippen LogP contribution in [0.3, 0.4) is 0 Å². The average Bonchev–Trinajstić information content (AvgIpc) is 2.46. The molecule has 0 saturated carbocycles. The Morgan fingerprint density at radius 3 is 2.62 bits per heavy atom. The number of nitrogens with two attached hydrogens (primary N) is 1. The van der Waals surface area contributed by atoms with Gasteiger partial charge in [0.2, 0.25) is 5.88 Å². The normalized spacial score (nSPS) is 11.5. The molecule has 1 heterocycles. The summed E-state index contributed by atoms with van der Waals surface area (Å²) >= 11 is 1.34. The molecule has 0 aliphatic rings. The van der Waals surface area contributed by atoms with Crippen LogP contribution in [0.25, 0.3) is 0 Å². The quantitative estimate of drug-likeness (QED) is 0.691. The van der Waals surface area contributed by atoms with Crippen LogP contribution < -0.4 is 10.5 Å². The van der Waals surface area contributed by atoms with Gasteiger partial charge in [0.1, 0.15) is 17.1 Å². The second-order valence-electron chi connectivity index (χ2n) is 4.03. The third-order valence-corrected chi connectivity index (χ3v) is 3.27. The smallest absolute Gasteiger partial charge is 0.419 e. The van der Waals surface area contributed by atoms with Crippen LogP contribution in [0.5, 0.6) is 11.6 Å². The van der Waals surface area contributed by atoms with E-state index in [1.54, 1.807) is 6.26 Å². The Balaban J connectivity index is 2.39. The number of hydrogen-bond donors (Lipinski definition) is 1. The molecule has 0 spiro atoms. The highest BCUT2D eigenvalue weighted by atomic mass is 32.2. The van der Waals surface area contributed by atoms with Gasteiger partial charge in [-0.2, -0.15) is 13.2 Å². The number of halogens is 3. The van der Waals surface area contributed by atoms with Crippen LogP contribution in [0.1, 0.15) is 11.1 Å². The van der Waals surface area contributed by atoms with Gasteiger partial charge in [0.15, 0.2) is 0 Å². The molecule has 0 amide bonds. The van der Waals surface area contributed by atoms with Crippen molar-refractivity contribution in [2.24, 2.45) is 5.73 Å². The van der Waals surface area contributed by atoms with Gasteiger partial charge >= 0.3 is 6.18 Å². The lowest BCUT2D eigenvalue weighted by molar-refractivity contribution is -0.138. The Kier molecular flexibility index (Phi) is 4.69. The maximum Gasteiger partial charge on any atom is 0.419 e. The number of aromatic nitrogens is 2. The molecule has 0 saturated heterocycles. The molecule has 8 heteroatoms. The van der Waals surface area contributed by atoms with Gasteiger partial charge in [0, 0.05) is 12.6 Å². The fourth-order valence-corrected chi connectivity index (χ4v) is 1.99. The van der Waals surface area contributed by atoms with E-state index >= 15 is 0 Å². The van der Waals surface area contributed by atoms with Crippen LogP contribution >= 0.6 is 11.8 Å². The molecule has 1 aromatic heterocycles. The van der Waals surface area contributed by atoms with E-state index in [0.29, 0.717) is 10.6 Å². The van der Waals surface area contributed by atoms with Crippen molar-refractivity contribution < 1.29 is 17.9 Å². The van der Waals surface area contributed by atoms with Crippen LogP contribution in [0.4, 0.5) is 13.2 Å². The number of thioether (sulfide) groups is 1. The van der Waals surface area contributed by atoms with Gasteiger partial charge in [0.25, 0.3) is 0 Å². The lowest BCUT2D eigenvalue weighted by Gasteiger charge is -2.14. The standard InChI is InChI=1S/C13H12F3N3OS/c1-21-12-5-11(18-7-19-12)20-10-3-2-8(6-17)4-9(10)13(14,15)16/h2-5,7H,6,17H2,1H3. The van der Waals surface area contributed by atoms with Crippen molar-refractivity contribution >= 4 is 11.8 Å². The van der Waals surface area contributed by atoms with Crippen LogP contribution in [0.2, 0.25) is 0 Å². The van der Waals surface area contributed by atoms with Gasteiger partial charge < -0.3 is 10.5 Å². The largest absolute Gasteiger partial charge is 0.438 e. The van der Waals surface area contributed by atoms with Crippen molar-refractivity contribution in [2.75, 3.05) is 6.26 Å². The van der Waals surface area contributed by atoms with Crippen molar-refractivity contribution in [3.63, 3.8) is 0 Å². The number of rotatable bonds is 4. The summed E-state index contributed by atoms with van der Waals surface area (Å²) in [5.41, 5.74) is 4.87. The van der Waals surface area contributed by atoms with E-state index in [0.717, 1.165) is 6.07 Å². The van der Waals surface area contributed by atoms with Crippen LogP contribution in [-0.4, -0.2) is 16.2 Å². The van der Waals surface area contributed by atoms with Gasteiger partial charge in [-0.15, -0.1) is 11.8 Å². The zero-order chi connectivity index (χ0) is 15.5. The van der Waals surface area contributed by atoms with Gasteiger partial charge in [-0.1, -0.05) is 6.07 Å². The van der Waals surface area contributed by atoms with E-state index in [-0.39, 0.29) is 18.2 Å². The molecule has 0 fully saturated rings. The molecular formula is C13H12F3N3OS. The van der Waals surface area contributed by atoms with E-state index in [1.807, 2.05) is 0 Å². The predicted molar refractivity (Wildman–Crippen MR) is 73.2 cm³/mol. The Hall–Kier alpha value is -1.80. The molecule has 0 bridgehead atoms. The van der Waals surface area contributed by atoms with Gasteiger partial charge in [-0.05, 0) is 24.0 Å². The Morgan fingerprint density at radius 2 is 2.00 bits per heavy atom. The number of alkyl halides is 3. The van der Waals surface area contributed by atoms with Crippen molar-refractivity contribution in [3.8, 4) is 11.6 Å². The molecule has 2 rings (SSSR count). The summed E-state index contributed by atoms with van der Waals surface area (Å²) in [4.78, 5) is 7.74. The second-order valence-corrected chi connectivity index (χ2v) is 4.86. The maximum atomic E-state index is 13.1. The van der Waals surface area contributed by atoms with Crippen molar-refractivity contribution in [1.82, 2.24) is 9.97 Å².